The van der Waals surface area contributed by atoms with Gasteiger partial charge >= 0.3 is 4.87 Å². The molecule has 0 unspecified atom stereocenters. The minimum absolute atomic E-state index is 0.0366. The Morgan fingerprint density at radius 2 is 2.20 bits per heavy atom. The summed E-state index contributed by atoms with van der Waals surface area (Å²) in [6.07, 6.45) is 3.68. The van der Waals surface area contributed by atoms with E-state index in [9.17, 15) is 9.90 Å². The van der Waals surface area contributed by atoms with E-state index in [0.717, 1.165) is 35.9 Å². The van der Waals surface area contributed by atoms with Crippen molar-refractivity contribution in [3.63, 3.8) is 0 Å². The number of thiazole rings is 1. The van der Waals surface area contributed by atoms with Crippen LogP contribution in [0.25, 0.3) is 0 Å². The van der Waals surface area contributed by atoms with E-state index in [1.807, 2.05) is 6.92 Å². The van der Waals surface area contributed by atoms with Crippen LogP contribution in [0.2, 0.25) is 0 Å². The highest BCUT2D eigenvalue weighted by atomic mass is 79.9. The second-order valence-corrected chi connectivity index (χ2v) is 5.25. The molecule has 0 saturated heterocycles. The van der Waals surface area contributed by atoms with Crippen molar-refractivity contribution < 1.29 is 5.11 Å². The Morgan fingerprint density at radius 1 is 1.47 bits per heavy atom. The summed E-state index contributed by atoms with van der Waals surface area (Å²) >= 11 is 4.51. The molecule has 0 aromatic carbocycles. The van der Waals surface area contributed by atoms with E-state index in [1.165, 1.54) is 15.9 Å². The topological polar surface area (TPSA) is 42.2 Å². The highest BCUT2D eigenvalue weighted by Gasteiger charge is 2.12. The zero-order valence-electron chi connectivity index (χ0n) is 8.83. The van der Waals surface area contributed by atoms with Gasteiger partial charge in [-0.2, -0.15) is 0 Å². The molecule has 1 aromatic heterocycles. The predicted molar refractivity (Wildman–Crippen MR) is 67.3 cm³/mol. The molecule has 0 radical (unpaired) electrons. The molecule has 5 heteroatoms. The summed E-state index contributed by atoms with van der Waals surface area (Å²) in [5, 5.41) is 10.7. The second-order valence-electron chi connectivity index (χ2n) is 3.41. The second kappa shape index (κ2) is 6.33. The van der Waals surface area contributed by atoms with Gasteiger partial charge in [0, 0.05) is 11.9 Å². The average molecular weight is 294 g/mol. The molecule has 0 saturated carbocycles. The zero-order chi connectivity index (χ0) is 11.3. The number of rotatable bonds is 6. The number of aryl methyl sites for hydroxylation is 1. The first kappa shape index (κ1) is 12.8. The molecule has 86 valence electrons. The van der Waals surface area contributed by atoms with Gasteiger partial charge in [-0.1, -0.05) is 40.6 Å². The molecule has 0 aliphatic carbocycles. The first-order valence-corrected chi connectivity index (χ1v) is 7.12. The highest BCUT2D eigenvalue weighted by molar-refractivity contribution is 9.09. The lowest BCUT2D eigenvalue weighted by molar-refractivity contribution is 0.403. The van der Waals surface area contributed by atoms with Gasteiger partial charge in [0.1, 0.15) is 0 Å². The van der Waals surface area contributed by atoms with E-state index >= 15 is 0 Å². The third-order valence-corrected chi connectivity index (χ3v) is 3.77. The third kappa shape index (κ3) is 3.34. The third-order valence-electron chi connectivity index (χ3n) is 2.18. The van der Waals surface area contributed by atoms with Crippen LogP contribution in [-0.2, 0) is 13.0 Å². The fourth-order valence-electron chi connectivity index (χ4n) is 1.39. The highest BCUT2D eigenvalue weighted by Crippen LogP contribution is 2.21. The minimum atomic E-state index is -0.0366. The Kier molecular flexibility index (Phi) is 5.39. The molecule has 0 aliphatic heterocycles. The zero-order valence-corrected chi connectivity index (χ0v) is 11.2. The molecule has 3 nitrogen and oxygen atoms in total. The fraction of sp³-hybridized carbons (Fsp3) is 0.700. The van der Waals surface area contributed by atoms with Gasteiger partial charge in [-0.15, -0.1) is 0 Å². The molecular weight excluding hydrogens is 278 g/mol. The number of alkyl halides is 1. The van der Waals surface area contributed by atoms with Gasteiger partial charge < -0.3 is 5.11 Å². The van der Waals surface area contributed by atoms with Crippen molar-refractivity contribution in [1.82, 2.24) is 4.57 Å². The summed E-state index contributed by atoms with van der Waals surface area (Å²) in [5.41, 5.74) is 0. The van der Waals surface area contributed by atoms with Crippen LogP contribution in [0.1, 0.15) is 31.1 Å². The monoisotopic (exact) mass is 293 g/mol. The van der Waals surface area contributed by atoms with Crippen LogP contribution in [0.3, 0.4) is 0 Å². The van der Waals surface area contributed by atoms with Crippen LogP contribution in [0.4, 0.5) is 0 Å². The van der Waals surface area contributed by atoms with Gasteiger partial charge in [-0.25, -0.2) is 0 Å². The van der Waals surface area contributed by atoms with E-state index in [0.29, 0.717) is 6.54 Å². The summed E-state index contributed by atoms with van der Waals surface area (Å²) in [6.45, 7) is 2.66. The number of aromatic nitrogens is 1. The van der Waals surface area contributed by atoms with E-state index in [-0.39, 0.29) is 10.8 Å². The van der Waals surface area contributed by atoms with Crippen molar-refractivity contribution in [2.75, 3.05) is 5.33 Å². The molecule has 0 fully saturated rings. The maximum Gasteiger partial charge on any atom is 0.310 e. The van der Waals surface area contributed by atoms with Gasteiger partial charge in [0.2, 0.25) is 5.88 Å². The lowest BCUT2D eigenvalue weighted by Crippen LogP contribution is -2.12. The molecule has 0 amide bonds. The van der Waals surface area contributed by atoms with Crippen LogP contribution in [0.5, 0.6) is 5.88 Å². The largest absolute Gasteiger partial charge is 0.494 e. The van der Waals surface area contributed by atoms with Crippen LogP contribution in [0, 0.1) is 0 Å². The lowest BCUT2D eigenvalue weighted by atomic mass is 10.3. The van der Waals surface area contributed by atoms with E-state index < -0.39 is 0 Å². The van der Waals surface area contributed by atoms with Crippen molar-refractivity contribution in [3.05, 3.63) is 14.5 Å². The minimum Gasteiger partial charge on any atom is -0.494 e. The smallest absolute Gasteiger partial charge is 0.310 e. The number of hydrogen-bond donors (Lipinski definition) is 1. The molecule has 1 rings (SSSR count). The Balaban J connectivity index is 2.74. The summed E-state index contributed by atoms with van der Waals surface area (Å²) in [4.78, 5) is 12.3. The Morgan fingerprint density at radius 3 is 2.80 bits per heavy atom. The number of nitrogens with zero attached hydrogens (tertiary/aromatic N) is 1. The van der Waals surface area contributed by atoms with Crippen molar-refractivity contribution in [2.45, 2.75) is 39.2 Å². The van der Waals surface area contributed by atoms with Crippen LogP contribution >= 0.6 is 27.3 Å². The fourth-order valence-corrected chi connectivity index (χ4v) is 2.80. The molecule has 0 atom stereocenters. The van der Waals surface area contributed by atoms with Gasteiger partial charge in [0.05, 0.1) is 4.88 Å². The normalized spacial score (nSPS) is 10.8. The average Bonchev–Trinajstić information content (AvgIpc) is 2.46. The summed E-state index contributed by atoms with van der Waals surface area (Å²) < 4.78 is 1.48. The van der Waals surface area contributed by atoms with Crippen molar-refractivity contribution in [3.8, 4) is 5.88 Å². The van der Waals surface area contributed by atoms with Gasteiger partial charge in [-0.3, -0.25) is 9.36 Å². The summed E-state index contributed by atoms with van der Waals surface area (Å²) in [7, 11) is 0. The van der Waals surface area contributed by atoms with Gasteiger partial charge in [-0.05, 0) is 19.3 Å². The van der Waals surface area contributed by atoms with Crippen LogP contribution in [-0.4, -0.2) is 15.0 Å². The molecule has 0 aliphatic rings. The van der Waals surface area contributed by atoms with Crippen molar-refractivity contribution in [2.24, 2.45) is 0 Å². The first-order chi connectivity index (χ1) is 7.20. The summed E-state index contributed by atoms with van der Waals surface area (Å²) in [5.74, 6) is 0.182. The first-order valence-electron chi connectivity index (χ1n) is 5.18. The Bertz CT molecular complexity index is 359. The number of unbranched alkanes of at least 4 members (excludes halogenated alkanes) is 1. The maximum absolute atomic E-state index is 11.5. The number of aromatic hydroxyl groups is 1. The predicted octanol–water partition coefficient (Wildman–Crippen LogP) is 2.74. The molecule has 1 heterocycles. The van der Waals surface area contributed by atoms with Crippen LogP contribution < -0.4 is 4.87 Å². The molecule has 0 bridgehead atoms. The molecule has 1 aromatic rings. The standard InChI is InChI=1S/C10H16BrNO2S/c1-2-5-8-9(13)12(10(14)15-8)7-4-3-6-11/h13H,2-7H2,1H3. The van der Waals surface area contributed by atoms with Crippen molar-refractivity contribution in [1.29, 1.82) is 0 Å². The van der Waals surface area contributed by atoms with Crippen molar-refractivity contribution >= 4 is 27.3 Å². The Hall–Kier alpha value is -0.290. The van der Waals surface area contributed by atoms with Gasteiger partial charge in [0.25, 0.3) is 0 Å². The van der Waals surface area contributed by atoms with E-state index in [4.69, 9.17) is 0 Å². The Labute approximate surface area is 102 Å². The van der Waals surface area contributed by atoms with E-state index in [2.05, 4.69) is 15.9 Å². The number of halogens is 1. The van der Waals surface area contributed by atoms with Crippen LogP contribution in [0.15, 0.2) is 4.79 Å². The molecule has 15 heavy (non-hydrogen) atoms. The molecule has 0 spiro atoms. The quantitative estimate of drug-likeness (QED) is 0.647. The number of hydrogen-bond acceptors (Lipinski definition) is 3. The summed E-state index contributed by atoms with van der Waals surface area (Å²) in [6, 6.07) is 0. The van der Waals surface area contributed by atoms with Gasteiger partial charge in [0.15, 0.2) is 0 Å². The van der Waals surface area contributed by atoms with E-state index in [1.54, 1.807) is 0 Å². The lowest BCUT2D eigenvalue weighted by Gasteiger charge is -2.02. The molecule has 1 N–H and O–H groups in total. The maximum atomic E-state index is 11.5. The molecular formula is C10H16BrNO2S. The SMILES string of the molecule is CCCc1sc(=O)n(CCCCBr)c1O.